The Kier molecular flexibility index (Phi) is 2.79. The van der Waals surface area contributed by atoms with E-state index in [1.54, 1.807) is 5.38 Å². The molecule has 0 N–H and O–H groups in total. The molecule has 0 amide bonds. The van der Waals surface area contributed by atoms with Gasteiger partial charge in [0.05, 0.1) is 0 Å². The van der Waals surface area contributed by atoms with E-state index in [0.717, 1.165) is 17.4 Å². The van der Waals surface area contributed by atoms with Gasteiger partial charge >= 0.3 is 0 Å². The Bertz CT molecular complexity index is 512. The quantitative estimate of drug-likeness (QED) is 0.725. The predicted molar refractivity (Wildman–Crippen MR) is 55.1 cm³/mol. The van der Waals surface area contributed by atoms with Gasteiger partial charge in [-0.25, -0.2) is 18.2 Å². The molecule has 1 nitrogen and oxygen atoms in total. The molecule has 0 bridgehead atoms. The van der Waals surface area contributed by atoms with Crippen LogP contribution in [0.4, 0.5) is 13.2 Å². The molecule has 0 aliphatic carbocycles. The molecule has 0 fully saturated rings. The molecule has 0 aliphatic rings. The molecule has 1 aromatic heterocycles. The summed E-state index contributed by atoms with van der Waals surface area (Å²) in [6.07, 6.45) is 0. The predicted octanol–water partition coefficient (Wildman–Crippen LogP) is 3.99. The van der Waals surface area contributed by atoms with Crippen molar-refractivity contribution in [2.75, 3.05) is 0 Å². The Morgan fingerprint density at radius 1 is 1.07 bits per heavy atom. The van der Waals surface area contributed by atoms with Crippen molar-refractivity contribution < 1.29 is 13.2 Å². The average Bonchev–Trinajstić information content (AvgIpc) is 2.58. The highest BCUT2D eigenvalue weighted by Crippen LogP contribution is 2.29. The molecule has 78 valence electrons. The summed E-state index contributed by atoms with van der Waals surface area (Å²) < 4.78 is 39.3. The van der Waals surface area contributed by atoms with Crippen LogP contribution in [-0.4, -0.2) is 4.98 Å². The summed E-state index contributed by atoms with van der Waals surface area (Å²) >= 11 is 4.24. The molecule has 0 spiro atoms. The highest BCUT2D eigenvalue weighted by Gasteiger charge is 2.13. The van der Waals surface area contributed by atoms with E-state index in [1.165, 1.54) is 0 Å². The van der Waals surface area contributed by atoms with Crippen molar-refractivity contribution >= 4 is 27.3 Å². The molecule has 0 aliphatic heterocycles. The number of hydrogen-bond acceptors (Lipinski definition) is 2. The number of hydrogen-bond donors (Lipinski definition) is 0. The maximum absolute atomic E-state index is 13.3. The van der Waals surface area contributed by atoms with Crippen molar-refractivity contribution in [3.63, 3.8) is 0 Å². The topological polar surface area (TPSA) is 12.9 Å². The summed E-state index contributed by atoms with van der Waals surface area (Å²) in [5.41, 5.74) is -0.0374. The zero-order valence-electron chi connectivity index (χ0n) is 7.10. The van der Waals surface area contributed by atoms with Gasteiger partial charge in [0, 0.05) is 17.0 Å². The van der Waals surface area contributed by atoms with Crippen LogP contribution in [0, 0.1) is 17.5 Å². The third kappa shape index (κ3) is 2.05. The van der Waals surface area contributed by atoms with Gasteiger partial charge in [0.25, 0.3) is 0 Å². The lowest BCUT2D eigenvalue weighted by Gasteiger charge is -1.99. The molecule has 0 saturated carbocycles. The molecule has 2 rings (SSSR count). The normalized spacial score (nSPS) is 10.7. The van der Waals surface area contributed by atoms with Crippen LogP contribution in [0.5, 0.6) is 0 Å². The number of halogens is 4. The fraction of sp³-hybridized carbons (Fsp3) is 0. The summed E-state index contributed by atoms with van der Waals surface area (Å²) in [4.78, 5) is 3.92. The molecular formula is C9H3BrF3NS. The van der Waals surface area contributed by atoms with E-state index in [1.807, 2.05) is 0 Å². The SMILES string of the molecule is Fc1cc(F)c(-c2nc(Br)cs2)cc1F. The van der Waals surface area contributed by atoms with Crippen LogP contribution >= 0.6 is 27.3 Å². The lowest BCUT2D eigenvalue weighted by atomic mass is 10.2. The van der Waals surface area contributed by atoms with Crippen LogP contribution in [0.2, 0.25) is 0 Å². The molecule has 1 heterocycles. The van der Waals surface area contributed by atoms with Crippen molar-refractivity contribution in [2.24, 2.45) is 0 Å². The number of aromatic nitrogens is 1. The van der Waals surface area contributed by atoms with Gasteiger partial charge in [-0.1, -0.05) is 0 Å². The first-order valence-electron chi connectivity index (χ1n) is 3.84. The largest absolute Gasteiger partial charge is 0.229 e. The number of rotatable bonds is 1. The monoisotopic (exact) mass is 293 g/mol. The van der Waals surface area contributed by atoms with Gasteiger partial charge < -0.3 is 0 Å². The summed E-state index contributed by atoms with van der Waals surface area (Å²) in [6, 6.07) is 1.32. The van der Waals surface area contributed by atoms with E-state index in [4.69, 9.17) is 0 Å². The second kappa shape index (κ2) is 3.94. The van der Waals surface area contributed by atoms with Crippen LogP contribution < -0.4 is 0 Å². The van der Waals surface area contributed by atoms with Crippen LogP contribution in [0.1, 0.15) is 0 Å². The van der Waals surface area contributed by atoms with E-state index < -0.39 is 17.5 Å². The fourth-order valence-electron chi connectivity index (χ4n) is 1.06. The van der Waals surface area contributed by atoms with E-state index in [9.17, 15) is 13.2 Å². The summed E-state index contributed by atoms with van der Waals surface area (Å²) in [7, 11) is 0. The van der Waals surface area contributed by atoms with Gasteiger partial charge in [-0.15, -0.1) is 11.3 Å². The van der Waals surface area contributed by atoms with Gasteiger partial charge in [-0.05, 0) is 22.0 Å². The van der Waals surface area contributed by atoms with Crippen LogP contribution in [0.15, 0.2) is 22.1 Å². The van der Waals surface area contributed by atoms with Gasteiger partial charge in [-0.3, -0.25) is 0 Å². The average molecular weight is 294 g/mol. The molecule has 0 atom stereocenters. The van der Waals surface area contributed by atoms with Gasteiger partial charge in [-0.2, -0.15) is 0 Å². The molecule has 6 heteroatoms. The number of thiazole rings is 1. The third-order valence-electron chi connectivity index (χ3n) is 1.72. The minimum atomic E-state index is -1.20. The molecule has 0 radical (unpaired) electrons. The molecule has 0 unspecified atom stereocenters. The minimum Gasteiger partial charge on any atom is -0.229 e. The lowest BCUT2D eigenvalue weighted by Crippen LogP contribution is -1.90. The summed E-state index contributed by atoms with van der Waals surface area (Å²) in [5, 5.41) is 1.94. The zero-order chi connectivity index (χ0) is 11.0. The van der Waals surface area contributed by atoms with Crippen molar-refractivity contribution in [1.29, 1.82) is 0 Å². The molecular weight excluding hydrogens is 291 g/mol. The maximum Gasteiger partial charge on any atom is 0.161 e. The molecule has 15 heavy (non-hydrogen) atoms. The summed E-state index contributed by atoms with van der Waals surface area (Å²) in [6.45, 7) is 0. The fourth-order valence-corrected chi connectivity index (χ4v) is 2.34. The van der Waals surface area contributed by atoms with E-state index >= 15 is 0 Å². The van der Waals surface area contributed by atoms with Crippen molar-refractivity contribution in [3.8, 4) is 10.6 Å². The Labute approximate surface area is 95.7 Å². The van der Waals surface area contributed by atoms with Gasteiger partial charge in [0.15, 0.2) is 11.6 Å². The molecule has 2 aromatic rings. The van der Waals surface area contributed by atoms with Gasteiger partial charge in [0.2, 0.25) is 0 Å². The third-order valence-corrected chi connectivity index (χ3v) is 3.30. The summed E-state index contributed by atoms with van der Waals surface area (Å²) in [5.74, 6) is -3.11. The minimum absolute atomic E-state index is 0.0374. The van der Waals surface area contributed by atoms with Crippen LogP contribution in [0.3, 0.4) is 0 Å². The number of benzene rings is 1. The van der Waals surface area contributed by atoms with Crippen molar-refractivity contribution in [1.82, 2.24) is 4.98 Å². The Balaban J connectivity index is 2.58. The lowest BCUT2D eigenvalue weighted by molar-refractivity contribution is 0.496. The van der Waals surface area contributed by atoms with E-state index in [0.29, 0.717) is 15.7 Å². The van der Waals surface area contributed by atoms with Gasteiger partial charge in [0.1, 0.15) is 15.4 Å². The second-order valence-corrected chi connectivity index (χ2v) is 4.39. The first-order valence-corrected chi connectivity index (χ1v) is 5.51. The first-order chi connectivity index (χ1) is 7.08. The van der Waals surface area contributed by atoms with Crippen LogP contribution in [0.25, 0.3) is 10.6 Å². The van der Waals surface area contributed by atoms with E-state index in [-0.39, 0.29) is 5.56 Å². The maximum atomic E-state index is 13.3. The standard InChI is InChI=1S/C9H3BrF3NS/c10-8-3-15-9(14-8)4-1-6(12)7(13)2-5(4)11/h1-3H. The Morgan fingerprint density at radius 3 is 2.33 bits per heavy atom. The van der Waals surface area contributed by atoms with E-state index in [2.05, 4.69) is 20.9 Å². The molecule has 0 saturated heterocycles. The second-order valence-electron chi connectivity index (χ2n) is 2.72. The van der Waals surface area contributed by atoms with Crippen molar-refractivity contribution in [2.45, 2.75) is 0 Å². The number of nitrogens with zero attached hydrogens (tertiary/aromatic N) is 1. The van der Waals surface area contributed by atoms with Crippen molar-refractivity contribution in [3.05, 3.63) is 39.6 Å². The highest BCUT2D eigenvalue weighted by molar-refractivity contribution is 9.10. The first kappa shape index (κ1) is 10.6. The molecule has 1 aromatic carbocycles. The van der Waals surface area contributed by atoms with Crippen LogP contribution in [-0.2, 0) is 0 Å². The Hall–Kier alpha value is -0.880. The smallest absolute Gasteiger partial charge is 0.161 e. The zero-order valence-corrected chi connectivity index (χ0v) is 9.50. The highest BCUT2D eigenvalue weighted by atomic mass is 79.9. The Morgan fingerprint density at radius 2 is 1.73 bits per heavy atom.